The number of carbonyl (C=O) groups is 4. The summed E-state index contributed by atoms with van der Waals surface area (Å²) < 4.78 is 9.65. The van der Waals surface area contributed by atoms with Gasteiger partial charge >= 0.3 is 11.9 Å². The minimum atomic E-state index is -0.631. The van der Waals surface area contributed by atoms with Gasteiger partial charge in [-0.3, -0.25) is 9.59 Å². The molecule has 1 rings (SSSR count). The number of hydrogen-bond donors (Lipinski definition) is 1. The predicted octanol–water partition coefficient (Wildman–Crippen LogP) is 1.71. The molecule has 1 N–H and O–H groups in total. The second-order valence-corrected chi connectivity index (χ2v) is 4.68. The van der Waals surface area contributed by atoms with Gasteiger partial charge in [0, 0.05) is 6.42 Å². The molecule has 0 spiro atoms. The maximum absolute atomic E-state index is 11.8. The van der Waals surface area contributed by atoms with Crippen LogP contribution in [-0.4, -0.2) is 36.8 Å². The molecule has 0 atom stereocenters. The smallest absolute Gasteiger partial charge is 0.340 e. The molecule has 0 heterocycles. The van der Waals surface area contributed by atoms with Crippen molar-refractivity contribution in [2.75, 3.05) is 18.5 Å². The van der Waals surface area contributed by atoms with Crippen LogP contribution in [0.1, 0.15) is 37.0 Å². The standard InChI is InChI=1S/C16H19NO6/c1-3-22-16(21)12-6-4-5-7-13(12)17-14(19)10-23-15(20)9-8-11(2)18/h4-7H,3,8-10H2,1-2H3,(H,17,19). The molecule has 0 aliphatic heterocycles. The Kier molecular flexibility index (Phi) is 7.45. The number of carbonyl (C=O) groups excluding carboxylic acids is 4. The molecule has 0 radical (unpaired) electrons. The first-order valence-corrected chi connectivity index (χ1v) is 7.15. The molecule has 0 aliphatic rings. The van der Waals surface area contributed by atoms with Crippen molar-refractivity contribution in [2.24, 2.45) is 0 Å². The second-order valence-electron chi connectivity index (χ2n) is 4.68. The summed E-state index contributed by atoms with van der Waals surface area (Å²) >= 11 is 0. The number of anilines is 1. The largest absolute Gasteiger partial charge is 0.462 e. The molecule has 23 heavy (non-hydrogen) atoms. The summed E-state index contributed by atoms with van der Waals surface area (Å²) in [4.78, 5) is 45.6. The van der Waals surface area contributed by atoms with Gasteiger partial charge in [-0.2, -0.15) is 0 Å². The second kappa shape index (κ2) is 9.34. The fourth-order valence-corrected chi connectivity index (χ4v) is 1.66. The monoisotopic (exact) mass is 321 g/mol. The van der Waals surface area contributed by atoms with Crippen molar-refractivity contribution in [2.45, 2.75) is 26.7 Å². The highest BCUT2D eigenvalue weighted by molar-refractivity contribution is 6.01. The predicted molar refractivity (Wildman–Crippen MR) is 81.9 cm³/mol. The molecule has 7 nitrogen and oxygen atoms in total. The Hall–Kier alpha value is -2.70. The van der Waals surface area contributed by atoms with Crippen LogP contribution in [0.4, 0.5) is 5.69 Å². The van der Waals surface area contributed by atoms with E-state index >= 15 is 0 Å². The molecule has 0 saturated carbocycles. The Balaban J connectivity index is 2.56. The maximum Gasteiger partial charge on any atom is 0.340 e. The number of esters is 2. The molecule has 0 saturated heterocycles. The zero-order valence-electron chi connectivity index (χ0n) is 13.1. The number of para-hydroxylation sites is 1. The highest BCUT2D eigenvalue weighted by Crippen LogP contribution is 2.16. The SMILES string of the molecule is CCOC(=O)c1ccccc1NC(=O)COC(=O)CCC(C)=O. The van der Waals surface area contributed by atoms with Crippen LogP contribution in [0.25, 0.3) is 0 Å². The lowest BCUT2D eigenvalue weighted by molar-refractivity contribution is -0.148. The van der Waals surface area contributed by atoms with Crippen molar-refractivity contribution in [3.05, 3.63) is 29.8 Å². The van der Waals surface area contributed by atoms with Crippen LogP contribution >= 0.6 is 0 Å². The number of Topliss-reactive ketones (excluding diaryl/α,β-unsaturated/α-hetero) is 1. The molecule has 0 unspecified atom stereocenters. The van der Waals surface area contributed by atoms with E-state index in [9.17, 15) is 19.2 Å². The number of nitrogens with one attached hydrogen (secondary N) is 1. The molecule has 0 bridgehead atoms. The van der Waals surface area contributed by atoms with Crippen LogP contribution < -0.4 is 5.32 Å². The Morgan fingerprint density at radius 3 is 2.39 bits per heavy atom. The fraction of sp³-hybridized carbons (Fsp3) is 0.375. The van der Waals surface area contributed by atoms with Crippen LogP contribution in [0.3, 0.4) is 0 Å². The van der Waals surface area contributed by atoms with Gasteiger partial charge < -0.3 is 19.6 Å². The van der Waals surface area contributed by atoms with Crippen LogP contribution in [0.2, 0.25) is 0 Å². The summed E-state index contributed by atoms with van der Waals surface area (Å²) in [6, 6.07) is 6.36. The van der Waals surface area contributed by atoms with E-state index in [1.807, 2.05) is 0 Å². The quantitative estimate of drug-likeness (QED) is 0.732. The average Bonchev–Trinajstić information content (AvgIpc) is 2.51. The first kappa shape index (κ1) is 18.3. The highest BCUT2D eigenvalue weighted by atomic mass is 16.5. The van der Waals surface area contributed by atoms with Crippen LogP contribution in [0, 0.1) is 0 Å². The molecule has 1 amide bonds. The van der Waals surface area contributed by atoms with E-state index in [0.717, 1.165) is 0 Å². The van der Waals surface area contributed by atoms with Gasteiger partial charge in [-0.15, -0.1) is 0 Å². The third kappa shape index (κ3) is 6.73. The summed E-state index contributed by atoms with van der Waals surface area (Å²) in [6.45, 7) is 2.77. The van der Waals surface area contributed by atoms with Gasteiger partial charge in [-0.1, -0.05) is 12.1 Å². The minimum Gasteiger partial charge on any atom is -0.462 e. The van der Waals surface area contributed by atoms with Crippen molar-refractivity contribution < 1.29 is 28.7 Å². The van der Waals surface area contributed by atoms with Gasteiger partial charge in [0.05, 0.1) is 24.3 Å². The molecule has 0 fully saturated rings. The van der Waals surface area contributed by atoms with E-state index in [1.54, 1.807) is 25.1 Å². The Morgan fingerprint density at radius 1 is 1.04 bits per heavy atom. The highest BCUT2D eigenvalue weighted by Gasteiger charge is 2.15. The molecule has 0 aliphatic carbocycles. The molecule has 1 aromatic carbocycles. The molecular weight excluding hydrogens is 302 g/mol. The molecule has 1 aromatic rings. The van der Waals surface area contributed by atoms with E-state index in [1.165, 1.54) is 13.0 Å². The lowest BCUT2D eigenvalue weighted by Crippen LogP contribution is -2.22. The topological polar surface area (TPSA) is 98.8 Å². The van der Waals surface area contributed by atoms with Crippen LogP contribution in [0.5, 0.6) is 0 Å². The van der Waals surface area contributed by atoms with Crippen molar-refractivity contribution in [3.8, 4) is 0 Å². The van der Waals surface area contributed by atoms with Crippen molar-refractivity contribution in [3.63, 3.8) is 0 Å². The average molecular weight is 321 g/mol. The van der Waals surface area contributed by atoms with E-state index in [2.05, 4.69) is 5.32 Å². The lowest BCUT2D eigenvalue weighted by Gasteiger charge is -2.10. The summed E-state index contributed by atoms with van der Waals surface area (Å²) in [5.41, 5.74) is 0.487. The number of hydrogen-bond acceptors (Lipinski definition) is 6. The molecule has 0 aromatic heterocycles. The normalized spacial score (nSPS) is 9.83. The first-order chi connectivity index (χ1) is 10.9. The number of amides is 1. The van der Waals surface area contributed by atoms with Crippen molar-refractivity contribution in [1.29, 1.82) is 0 Å². The number of ketones is 1. The zero-order chi connectivity index (χ0) is 17.2. The summed E-state index contributed by atoms with van der Waals surface area (Å²) in [5.74, 6) is -1.90. The Labute approximate surface area is 134 Å². The molecular formula is C16H19NO6. The molecule has 124 valence electrons. The number of benzene rings is 1. The number of rotatable bonds is 8. The van der Waals surface area contributed by atoms with E-state index in [-0.39, 0.29) is 36.5 Å². The Bertz CT molecular complexity index is 596. The third-order valence-electron chi connectivity index (χ3n) is 2.74. The van der Waals surface area contributed by atoms with Gasteiger partial charge in [0.25, 0.3) is 5.91 Å². The lowest BCUT2D eigenvalue weighted by atomic mass is 10.2. The Morgan fingerprint density at radius 2 is 1.74 bits per heavy atom. The van der Waals surface area contributed by atoms with E-state index in [4.69, 9.17) is 9.47 Å². The van der Waals surface area contributed by atoms with Crippen molar-refractivity contribution in [1.82, 2.24) is 0 Å². The summed E-state index contributed by atoms with van der Waals surface area (Å²) in [7, 11) is 0. The van der Waals surface area contributed by atoms with Crippen molar-refractivity contribution >= 4 is 29.3 Å². The van der Waals surface area contributed by atoms with Gasteiger partial charge in [0.2, 0.25) is 0 Å². The third-order valence-corrected chi connectivity index (χ3v) is 2.74. The van der Waals surface area contributed by atoms with Crippen LogP contribution in [0.15, 0.2) is 24.3 Å². The fourth-order valence-electron chi connectivity index (χ4n) is 1.66. The summed E-state index contributed by atoms with van der Waals surface area (Å²) in [6.07, 6.45) is 0.00811. The zero-order valence-corrected chi connectivity index (χ0v) is 13.1. The summed E-state index contributed by atoms with van der Waals surface area (Å²) in [5, 5.41) is 2.49. The minimum absolute atomic E-state index is 0.0674. The molecule has 7 heteroatoms. The van der Waals surface area contributed by atoms with E-state index in [0.29, 0.717) is 0 Å². The van der Waals surface area contributed by atoms with Gasteiger partial charge in [0.1, 0.15) is 5.78 Å². The van der Waals surface area contributed by atoms with Gasteiger partial charge in [-0.05, 0) is 26.0 Å². The van der Waals surface area contributed by atoms with Gasteiger partial charge in [-0.25, -0.2) is 4.79 Å². The number of ether oxygens (including phenoxy) is 2. The van der Waals surface area contributed by atoms with E-state index < -0.39 is 24.5 Å². The first-order valence-electron chi connectivity index (χ1n) is 7.15. The van der Waals surface area contributed by atoms with Gasteiger partial charge in [0.15, 0.2) is 6.61 Å². The maximum atomic E-state index is 11.8. The van der Waals surface area contributed by atoms with Crippen LogP contribution in [-0.2, 0) is 23.9 Å².